The standard InChI is InChI=1S/C22H20N2O4S/c1-28-21-10-6-5-9-20(21)24-29(26,27)19-14-12-18(13-15-19)23-22(25)16-11-17-7-3-2-4-8-17/h2-16,24H,1H3,(H,23,25). The molecule has 0 bridgehead atoms. The van der Waals surface area contributed by atoms with Crippen molar-refractivity contribution < 1.29 is 17.9 Å². The van der Waals surface area contributed by atoms with Gasteiger partial charge in [-0.25, -0.2) is 8.42 Å². The van der Waals surface area contributed by atoms with Crippen LogP contribution in [0, 0.1) is 0 Å². The zero-order valence-corrected chi connectivity index (χ0v) is 16.5. The van der Waals surface area contributed by atoms with Gasteiger partial charge >= 0.3 is 0 Å². The number of benzene rings is 3. The summed E-state index contributed by atoms with van der Waals surface area (Å²) in [5, 5.41) is 2.70. The van der Waals surface area contributed by atoms with Crippen molar-refractivity contribution in [1.82, 2.24) is 0 Å². The Hall–Kier alpha value is -3.58. The molecule has 0 aliphatic heterocycles. The van der Waals surface area contributed by atoms with Crippen molar-refractivity contribution in [2.24, 2.45) is 0 Å². The third kappa shape index (κ3) is 5.46. The summed E-state index contributed by atoms with van der Waals surface area (Å²) < 4.78 is 32.9. The van der Waals surface area contributed by atoms with Gasteiger partial charge in [0.1, 0.15) is 5.75 Å². The van der Waals surface area contributed by atoms with Crippen LogP contribution in [0.1, 0.15) is 5.56 Å². The van der Waals surface area contributed by atoms with Gasteiger partial charge in [-0.15, -0.1) is 0 Å². The van der Waals surface area contributed by atoms with E-state index in [1.54, 1.807) is 30.3 Å². The quantitative estimate of drug-likeness (QED) is 0.575. The summed E-state index contributed by atoms with van der Waals surface area (Å²) in [6.45, 7) is 0. The number of carbonyl (C=O) groups excluding carboxylic acids is 1. The lowest BCUT2D eigenvalue weighted by molar-refractivity contribution is -0.111. The second-order valence-corrected chi connectivity index (χ2v) is 7.75. The fourth-order valence-electron chi connectivity index (χ4n) is 2.57. The highest BCUT2D eigenvalue weighted by molar-refractivity contribution is 7.92. The van der Waals surface area contributed by atoms with Gasteiger partial charge in [0.05, 0.1) is 17.7 Å². The molecule has 0 spiro atoms. The lowest BCUT2D eigenvalue weighted by Gasteiger charge is -2.12. The van der Waals surface area contributed by atoms with E-state index in [1.807, 2.05) is 30.3 Å². The zero-order chi connectivity index (χ0) is 20.7. The number of methoxy groups -OCH3 is 1. The highest BCUT2D eigenvalue weighted by Crippen LogP contribution is 2.26. The van der Waals surface area contributed by atoms with Crippen LogP contribution >= 0.6 is 0 Å². The first-order valence-corrected chi connectivity index (χ1v) is 10.3. The van der Waals surface area contributed by atoms with Crippen LogP contribution in [-0.2, 0) is 14.8 Å². The van der Waals surface area contributed by atoms with Crippen molar-refractivity contribution in [3.8, 4) is 5.75 Å². The molecule has 0 radical (unpaired) electrons. The average Bonchev–Trinajstić information content (AvgIpc) is 2.73. The number of ether oxygens (including phenoxy) is 1. The molecule has 148 valence electrons. The van der Waals surface area contributed by atoms with Crippen molar-refractivity contribution in [3.63, 3.8) is 0 Å². The van der Waals surface area contributed by atoms with E-state index in [1.165, 1.54) is 37.5 Å². The molecule has 0 heterocycles. The maximum absolute atomic E-state index is 12.6. The van der Waals surface area contributed by atoms with E-state index < -0.39 is 10.0 Å². The monoisotopic (exact) mass is 408 g/mol. The maximum Gasteiger partial charge on any atom is 0.262 e. The molecule has 7 heteroatoms. The summed E-state index contributed by atoms with van der Waals surface area (Å²) in [5.74, 6) is 0.113. The predicted octanol–water partition coefficient (Wildman–Crippen LogP) is 4.15. The number of amides is 1. The van der Waals surface area contributed by atoms with Crippen LogP contribution in [0.4, 0.5) is 11.4 Å². The summed E-state index contributed by atoms with van der Waals surface area (Å²) >= 11 is 0. The molecule has 1 amide bonds. The van der Waals surface area contributed by atoms with Gasteiger partial charge in [-0.1, -0.05) is 42.5 Å². The topological polar surface area (TPSA) is 84.5 Å². The summed E-state index contributed by atoms with van der Waals surface area (Å²) in [4.78, 5) is 12.1. The number of carbonyl (C=O) groups is 1. The SMILES string of the molecule is COc1ccccc1NS(=O)(=O)c1ccc(NC(=O)C=Cc2ccccc2)cc1. The Morgan fingerprint density at radius 1 is 0.897 bits per heavy atom. The van der Waals surface area contributed by atoms with Gasteiger partial charge in [0, 0.05) is 11.8 Å². The molecular formula is C22H20N2O4S. The number of sulfonamides is 1. The Kier molecular flexibility index (Phi) is 6.31. The van der Waals surface area contributed by atoms with E-state index >= 15 is 0 Å². The van der Waals surface area contributed by atoms with Gasteiger partial charge in [-0.05, 0) is 48.0 Å². The Balaban J connectivity index is 1.67. The van der Waals surface area contributed by atoms with Crippen molar-refractivity contribution in [3.05, 3.63) is 90.5 Å². The molecule has 3 aromatic carbocycles. The lowest BCUT2D eigenvalue weighted by atomic mass is 10.2. The second kappa shape index (κ2) is 9.07. The largest absolute Gasteiger partial charge is 0.495 e. The van der Waals surface area contributed by atoms with Crippen molar-refractivity contribution >= 4 is 33.4 Å². The van der Waals surface area contributed by atoms with Crippen molar-refractivity contribution in [2.45, 2.75) is 4.90 Å². The molecule has 0 unspecified atom stereocenters. The van der Waals surface area contributed by atoms with Gasteiger partial charge in [-0.3, -0.25) is 9.52 Å². The van der Waals surface area contributed by atoms with Crippen LogP contribution in [0.15, 0.2) is 89.8 Å². The predicted molar refractivity (Wildman–Crippen MR) is 114 cm³/mol. The lowest BCUT2D eigenvalue weighted by Crippen LogP contribution is -2.14. The minimum atomic E-state index is -3.79. The molecule has 0 aliphatic carbocycles. The third-order valence-corrected chi connectivity index (χ3v) is 5.39. The van der Waals surface area contributed by atoms with Crippen LogP contribution in [0.25, 0.3) is 6.08 Å². The second-order valence-electron chi connectivity index (χ2n) is 6.06. The van der Waals surface area contributed by atoms with Crippen LogP contribution in [0.2, 0.25) is 0 Å². The van der Waals surface area contributed by atoms with Crippen LogP contribution in [0.5, 0.6) is 5.75 Å². The van der Waals surface area contributed by atoms with Gasteiger partial charge in [-0.2, -0.15) is 0 Å². The highest BCUT2D eigenvalue weighted by Gasteiger charge is 2.16. The highest BCUT2D eigenvalue weighted by atomic mass is 32.2. The molecule has 3 rings (SSSR count). The Bertz CT molecular complexity index is 1110. The van der Waals surface area contributed by atoms with Crippen LogP contribution < -0.4 is 14.8 Å². The summed E-state index contributed by atoms with van der Waals surface area (Å²) in [6.07, 6.45) is 3.12. The van der Waals surface area contributed by atoms with E-state index in [4.69, 9.17) is 4.74 Å². The fourth-order valence-corrected chi connectivity index (χ4v) is 3.64. The molecule has 29 heavy (non-hydrogen) atoms. The Morgan fingerprint density at radius 2 is 1.55 bits per heavy atom. The smallest absolute Gasteiger partial charge is 0.262 e. The van der Waals surface area contributed by atoms with Gasteiger partial charge in [0.2, 0.25) is 5.91 Å². The number of rotatable bonds is 7. The van der Waals surface area contributed by atoms with Crippen LogP contribution in [0.3, 0.4) is 0 Å². The molecule has 6 nitrogen and oxygen atoms in total. The first-order chi connectivity index (χ1) is 14.0. The number of hydrogen-bond acceptors (Lipinski definition) is 4. The minimum absolute atomic E-state index is 0.0706. The Morgan fingerprint density at radius 3 is 2.24 bits per heavy atom. The summed E-state index contributed by atoms with van der Waals surface area (Å²) in [7, 11) is -2.33. The molecule has 3 aromatic rings. The van der Waals surface area contributed by atoms with E-state index in [9.17, 15) is 13.2 Å². The number of hydrogen-bond donors (Lipinski definition) is 2. The number of nitrogens with one attached hydrogen (secondary N) is 2. The van der Waals surface area contributed by atoms with E-state index in [0.29, 0.717) is 17.1 Å². The minimum Gasteiger partial charge on any atom is -0.495 e. The molecule has 0 saturated carbocycles. The number of para-hydroxylation sites is 2. The van der Waals surface area contributed by atoms with E-state index in [2.05, 4.69) is 10.0 Å². The molecule has 2 N–H and O–H groups in total. The maximum atomic E-state index is 12.6. The van der Waals surface area contributed by atoms with E-state index in [0.717, 1.165) is 5.56 Å². The van der Waals surface area contributed by atoms with Crippen molar-refractivity contribution in [1.29, 1.82) is 0 Å². The normalized spacial score (nSPS) is 11.2. The molecule has 0 atom stereocenters. The van der Waals surface area contributed by atoms with Gasteiger partial charge < -0.3 is 10.1 Å². The molecule has 0 aliphatic rings. The summed E-state index contributed by atoms with van der Waals surface area (Å²) in [5.41, 5.74) is 1.74. The first kappa shape index (κ1) is 20.2. The molecule has 0 saturated heterocycles. The third-order valence-electron chi connectivity index (χ3n) is 4.01. The fraction of sp³-hybridized carbons (Fsp3) is 0.0455. The molecule has 0 aromatic heterocycles. The summed E-state index contributed by atoms with van der Waals surface area (Å²) in [6, 6.07) is 22.1. The first-order valence-electron chi connectivity index (χ1n) is 8.78. The van der Waals surface area contributed by atoms with Gasteiger partial charge in [0.25, 0.3) is 10.0 Å². The Labute approximate surface area is 169 Å². The van der Waals surface area contributed by atoms with Gasteiger partial charge in [0.15, 0.2) is 0 Å². The molecular weight excluding hydrogens is 388 g/mol. The average molecular weight is 408 g/mol. The number of anilines is 2. The van der Waals surface area contributed by atoms with Crippen LogP contribution in [-0.4, -0.2) is 21.4 Å². The van der Waals surface area contributed by atoms with Crippen molar-refractivity contribution in [2.75, 3.05) is 17.1 Å². The zero-order valence-electron chi connectivity index (χ0n) is 15.7. The molecule has 0 fully saturated rings. The van der Waals surface area contributed by atoms with E-state index in [-0.39, 0.29) is 10.8 Å².